The summed E-state index contributed by atoms with van der Waals surface area (Å²) >= 11 is 0. The quantitative estimate of drug-likeness (QED) is 0.448. The number of amides is 4. The zero-order chi connectivity index (χ0) is 21.3. The van der Waals surface area contributed by atoms with Gasteiger partial charge in [-0.25, -0.2) is 9.18 Å². The summed E-state index contributed by atoms with van der Waals surface area (Å²) in [7, 11) is 0. The number of halogens is 1. The number of hydrogen-bond donors (Lipinski definition) is 4. The lowest BCUT2D eigenvalue weighted by atomic mass is 10.2. The Morgan fingerprint density at radius 1 is 0.800 bits per heavy atom. The van der Waals surface area contributed by atoms with Crippen LogP contribution in [0.25, 0.3) is 0 Å². The largest absolute Gasteiger partial charge is 0.459 e. The van der Waals surface area contributed by atoms with E-state index in [1.54, 1.807) is 42.5 Å². The van der Waals surface area contributed by atoms with E-state index in [9.17, 15) is 18.8 Å². The lowest BCUT2D eigenvalue weighted by Crippen LogP contribution is -2.34. The maximum Gasteiger partial charge on any atom is 0.323 e. The van der Waals surface area contributed by atoms with Crippen molar-refractivity contribution < 1.29 is 23.2 Å². The molecule has 0 saturated carbocycles. The van der Waals surface area contributed by atoms with Gasteiger partial charge in [-0.1, -0.05) is 6.07 Å². The Morgan fingerprint density at radius 2 is 1.50 bits per heavy atom. The van der Waals surface area contributed by atoms with Gasteiger partial charge in [-0.2, -0.15) is 0 Å². The summed E-state index contributed by atoms with van der Waals surface area (Å²) in [5, 5.41) is 10.4. The monoisotopic (exact) mass is 410 g/mol. The fourth-order valence-electron chi connectivity index (χ4n) is 2.51. The van der Waals surface area contributed by atoms with Gasteiger partial charge in [0.2, 0.25) is 0 Å². The molecule has 0 unspecified atom stereocenters. The molecule has 2 aromatic carbocycles. The predicted molar refractivity (Wildman–Crippen MR) is 109 cm³/mol. The third-order valence-electron chi connectivity index (χ3n) is 3.93. The standard InChI is InChI=1S/C21H19FN4O4/c22-15-3-1-4-17(13-15)26-21(29)25-16-8-6-14(7-9-16)19(27)23-10-11-24-20(28)18-5-2-12-30-18/h1-9,12-13H,10-11H2,(H,23,27)(H,24,28)(H2,25,26,29). The van der Waals surface area contributed by atoms with Crippen LogP contribution in [0.4, 0.5) is 20.6 Å². The van der Waals surface area contributed by atoms with Crippen molar-refractivity contribution in [3.05, 3.63) is 84.1 Å². The van der Waals surface area contributed by atoms with Crippen molar-refractivity contribution >= 4 is 29.2 Å². The van der Waals surface area contributed by atoms with E-state index in [-0.39, 0.29) is 30.7 Å². The Morgan fingerprint density at radius 3 is 2.17 bits per heavy atom. The van der Waals surface area contributed by atoms with Gasteiger partial charge in [0.1, 0.15) is 5.82 Å². The predicted octanol–water partition coefficient (Wildman–Crippen LogP) is 3.22. The molecular weight excluding hydrogens is 391 g/mol. The lowest BCUT2D eigenvalue weighted by molar-refractivity contribution is 0.0910. The number of rotatable bonds is 7. The van der Waals surface area contributed by atoms with Gasteiger partial charge in [-0.3, -0.25) is 9.59 Å². The number of carbonyl (C=O) groups is 3. The molecule has 0 aliphatic carbocycles. The first-order chi connectivity index (χ1) is 14.5. The molecule has 1 aromatic heterocycles. The number of benzene rings is 2. The highest BCUT2D eigenvalue weighted by molar-refractivity contribution is 6.00. The second-order valence-electron chi connectivity index (χ2n) is 6.16. The van der Waals surface area contributed by atoms with Crippen molar-refractivity contribution in [3.8, 4) is 0 Å². The second kappa shape index (κ2) is 9.87. The van der Waals surface area contributed by atoms with Crippen molar-refractivity contribution in [1.82, 2.24) is 10.6 Å². The highest BCUT2D eigenvalue weighted by atomic mass is 19.1. The summed E-state index contributed by atoms with van der Waals surface area (Å²) in [5.74, 6) is -0.936. The fraction of sp³-hybridized carbons (Fsp3) is 0.0952. The van der Waals surface area contributed by atoms with E-state index in [0.29, 0.717) is 16.9 Å². The summed E-state index contributed by atoms with van der Waals surface area (Å²) in [6, 6.07) is 14.4. The maximum absolute atomic E-state index is 13.1. The first-order valence-corrected chi connectivity index (χ1v) is 9.05. The number of carbonyl (C=O) groups excluding carboxylic acids is 3. The van der Waals surface area contributed by atoms with Gasteiger partial charge in [-0.05, 0) is 54.6 Å². The summed E-state index contributed by atoms with van der Waals surface area (Å²) in [6.07, 6.45) is 1.40. The first-order valence-electron chi connectivity index (χ1n) is 9.05. The summed E-state index contributed by atoms with van der Waals surface area (Å²) in [5.41, 5.74) is 1.18. The molecule has 3 aromatic rings. The smallest absolute Gasteiger partial charge is 0.323 e. The van der Waals surface area contributed by atoms with Gasteiger partial charge >= 0.3 is 6.03 Å². The van der Waals surface area contributed by atoms with Gasteiger partial charge in [0, 0.05) is 30.0 Å². The third-order valence-corrected chi connectivity index (χ3v) is 3.93. The fourth-order valence-corrected chi connectivity index (χ4v) is 2.51. The normalized spacial score (nSPS) is 10.2. The summed E-state index contributed by atoms with van der Waals surface area (Å²) < 4.78 is 18.1. The molecule has 4 amide bonds. The van der Waals surface area contributed by atoms with Crippen LogP contribution in [-0.2, 0) is 0 Å². The minimum absolute atomic E-state index is 0.200. The van der Waals surface area contributed by atoms with Crippen molar-refractivity contribution in [2.24, 2.45) is 0 Å². The number of nitrogens with one attached hydrogen (secondary N) is 4. The average molecular weight is 410 g/mol. The molecule has 0 bridgehead atoms. The van der Waals surface area contributed by atoms with E-state index in [2.05, 4.69) is 21.3 Å². The first kappa shape index (κ1) is 20.6. The molecule has 0 fully saturated rings. The van der Waals surface area contributed by atoms with Gasteiger partial charge in [-0.15, -0.1) is 0 Å². The minimum atomic E-state index is -0.537. The molecule has 0 aliphatic rings. The van der Waals surface area contributed by atoms with Crippen LogP contribution in [0.1, 0.15) is 20.9 Å². The van der Waals surface area contributed by atoms with Crippen LogP contribution in [0.5, 0.6) is 0 Å². The zero-order valence-corrected chi connectivity index (χ0v) is 15.8. The van der Waals surface area contributed by atoms with Crippen LogP contribution in [0.3, 0.4) is 0 Å². The van der Waals surface area contributed by atoms with Gasteiger partial charge in [0.05, 0.1) is 6.26 Å². The summed E-state index contributed by atoms with van der Waals surface area (Å²) in [6.45, 7) is 0.479. The molecule has 1 heterocycles. The van der Waals surface area contributed by atoms with Gasteiger partial charge in [0.25, 0.3) is 11.8 Å². The molecule has 3 rings (SSSR count). The highest BCUT2D eigenvalue weighted by Gasteiger charge is 2.09. The van der Waals surface area contributed by atoms with E-state index in [4.69, 9.17) is 4.42 Å². The van der Waals surface area contributed by atoms with Crippen LogP contribution in [0.15, 0.2) is 71.3 Å². The second-order valence-corrected chi connectivity index (χ2v) is 6.16. The Labute approximate surface area is 171 Å². The third kappa shape index (κ3) is 5.93. The molecule has 4 N–H and O–H groups in total. The van der Waals surface area contributed by atoms with Crippen LogP contribution < -0.4 is 21.3 Å². The Hall–Kier alpha value is -4.14. The SMILES string of the molecule is O=C(Nc1ccc(C(=O)NCCNC(=O)c2ccco2)cc1)Nc1cccc(F)c1. The Balaban J connectivity index is 1.42. The number of furan rings is 1. The van der Waals surface area contributed by atoms with E-state index in [0.717, 1.165) is 0 Å². The number of urea groups is 1. The zero-order valence-electron chi connectivity index (χ0n) is 15.8. The Kier molecular flexibility index (Phi) is 6.78. The maximum atomic E-state index is 13.1. The molecule has 0 saturated heterocycles. The molecule has 8 nitrogen and oxygen atoms in total. The molecule has 0 atom stereocenters. The molecule has 0 radical (unpaired) electrons. The number of hydrogen-bond acceptors (Lipinski definition) is 4. The molecular formula is C21H19FN4O4. The van der Waals surface area contributed by atoms with Crippen LogP contribution >= 0.6 is 0 Å². The van der Waals surface area contributed by atoms with E-state index >= 15 is 0 Å². The van der Waals surface area contributed by atoms with Gasteiger partial charge < -0.3 is 25.7 Å². The van der Waals surface area contributed by atoms with Crippen molar-refractivity contribution in [2.75, 3.05) is 23.7 Å². The van der Waals surface area contributed by atoms with E-state index < -0.39 is 11.8 Å². The molecule has 154 valence electrons. The molecule has 0 aliphatic heterocycles. The van der Waals surface area contributed by atoms with Crippen LogP contribution in [0.2, 0.25) is 0 Å². The Bertz CT molecular complexity index is 1020. The molecule has 30 heavy (non-hydrogen) atoms. The van der Waals surface area contributed by atoms with Crippen LogP contribution in [-0.4, -0.2) is 30.9 Å². The van der Waals surface area contributed by atoms with E-state index in [1.165, 1.54) is 24.5 Å². The van der Waals surface area contributed by atoms with Crippen molar-refractivity contribution in [3.63, 3.8) is 0 Å². The molecule has 9 heteroatoms. The van der Waals surface area contributed by atoms with Crippen molar-refractivity contribution in [2.45, 2.75) is 0 Å². The van der Waals surface area contributed by atoms with E-state index in [1.807, 2.05) is 0 Å². The summed E-state index contributed by atoms with van der Waals surface area (Å²) in [4.78, 5) is 35.8. The average Bonchev–Trinajstić information content (AvgIpc) is 3.26. The minimum Gasteiger partial charge on any atom is -0.459 e. The lowest BCUT2D eigenvalue weighted by Gasteiger charge is -2.09. The number of anilines is 2. The molecule has 0 spiro atoms. The van der Waals surface area contributed by atoms with Crippen molar-refractivity contribution in [1.29, 1.82) is 0 Å². The van der Waals surface area contributed by atoms with Crippen LogP contribution in [0, 0.1) is 5.82 Å². The topological polar surface area (TPSA) is 112 Å². The highest BCUT2D eigenvalue weighted by Crippen LogP contribution is 2.12. The van der Waals surface area contributed by atoms with Gasteiger partial charge in [0.15, 0.2) is 5.76 Å².